The highest BCUT2D eigenvalue weighted by Gasteiger charge is 2.35. The number of fused-ring (bicyclic) bond motifs is 1. The van der Waals surface area contributed by atoms with Crippen LogP contribution >= 0.6 is 0 Å². The first kappa shape index (κ1) is 24.0. The molecule has 0 aromatic heterocycles. The van der Waals surface area contributed by atoms with Crippen LogP contribution in [-0.2, 0) is 16.1 Å². The molecule has 4 rings (SSSR count). The van der Waals surface area contributed by atoms with Gasteiger partial charge in [-0.25, -0.2) is 4.79 Å². The third-order valence-corrected chi connectivity index (χ3v) is 6.21. The summed E-state index contributed by atoms with van der Waals surface area (Å²) in [5, 5.41) is 6.58. The van der Waals surface area contributed by atoms with E-state index in [1.807, 2.05) is 36.4 Å². The molecule has 0 saturated carbocycles. The molecular weight excluding hydrogens is 426 g/mol. The molecule has 0 spiro atoms. The highest BCUT2D eigenvalue weighted by Crippen LogP contribution is 2.43. The molecular formula is C28H37N3O3. The Kier molecular flexibility index (Phi) is 7.35. The maximum Gasteiger partial charge on any atom is 0.407 e. The quantitative estimate of drug-likeness (QED) is 0.505. The van der Waals surface area contributed by atoms with Gasteiger partial charge in [-0.05, 0) is 56.7 Å². The first-order chi connectivity index (χ1) is 16.3. The zero-order chi connectivity index (χ0) is 24.1. The standard InChI is InChI=1S/C28H37N3O3/c1-20-15-17-31(18-20)26(34-28(2,3)4)25-23(22-12-8-9-13-24(22)30-25)14-16-29-27(32)33-19-21-10-6-5-7-11-21/h5-13,20,23,30H,14-19H2,1-4H3,(H,29,32). The highest BCUT2D eigenvalue weighted by atomic mass is 16.5. The molecule has 2 aliphatic rings. The third kappa shape index (κ3) is 6.04. The van der Waals surface area contributed by atoms with Crippen molar-refractivity contribution in [1.29, 1.82) is 0 Å². The average molecular weight is 464 g/mol. The molecule has 0 aliphatic carbocycles. The summed E-state index contributed by atoms with van der Waals surface area (Å²) in [6.45, 7) is 11.3. The number of carbonyl (C=O) groups excluding carboxylic acids is 1. The van der Waals surface area contributed by atoms with E-state index in [9.17, 15) is 4.79 Å². The van der Waals surface area contributed by atoms with E-state index in [2.05, 4.69) is 61.4 Å². The predicted octanol–water partition coefficient (Wildman–Crippen LogP) is 5.84. The lowest BCUT2D eigenvalue weighted by Gasteiger charge is -2.32. The Morgan fingerprint density at radius 3 is 2.56 bits per heavy atom. The fourth-order valence-electron chi connectivity index (χ4n) is 4.60. The second-order valence-electron chi connectivity index (χ2n) is 10.3. The second-order valence-corrected chi connectivity index (χ2v) is 10.3. The van der Waals surface area contributed by atoms with Crippen LogP contribution in [0.2, 0.25) is 0 Å². The van der Waals surface area contributed by atoms with Crippen LogP contribution in [0, 0.1) is 5.92 Å². The number of likely N-dealkylation sites (tertiary alicyclic amines) is 1. The van der Waals surface area contributed by atoms with E-state index in [4.69, 9.17) is 9.47 Å². The van der Waals surface area contributed by atoms with Crippen LogP contribution in [0.25, 0.3) is 0 Å². The molecule has 6 heteroatoms. The number of benzene rings is 2. The van der Waals surface area contributed by atoms with Crippen LogP contribution in [0.1, 0.15) is 57.6 Å². The van der Waals surface area contributed by atoms with Crippen LogP contribution < -0.4 is 10.6 Å². The smallest absolute Gasteiger partial charge is 0.407 e. The SMILES string of the molecule is CC1CCN(C(OC(C)(C)C)=C2Nc3ccccc3C2CCNC(=O)OCc2ccccc2)C1. The van der Waals surface area contributed by atoms with Crippen molar-refractivity contribution in [3.05, 3.63) is 77.3 Å². The van der Waals surface area contributed by atoms with Crippen molar-refractivity contribution in [2.75, 3.05) is 25.0 Å². The summed E-state index contributed by atoms with van der Waals surface area (Å²) in [5.74, 6) is 1.69. The summed E-state index contributed by atoms with van der Waals surface area (Å²) in [6.07, 6.45) is 1.52. The van der Waals surface area contributed by atoms with E-state index in [-0.39, 0.29) is 18.1 Å². The zero-order valence-corrected chi connectivity index (χ0v) is 20.8. The van der Waals surface area contributed by atoms with E-state index in [0.717, 1.165) is 48.8 Å². The lowest BCUT2D eigenvalue weighted by atomic mass is 9.95. The van der Waals surface area contributed by atoms with Crippen molar-refractivity contribution in [2.45, 2.75) is 58.7 Å². The van der Waals surface area contributed by atoms with Crippen molar-refractivity contribution >= 4 is 11.8 Å². The van der Waals surface area contributed by atoms with Gasteiger partial charge in [-0.2, -0.15) is 0 Å². The molecule has 2 unspecified atom stereocenters. The normalized spacial score (nSPS) is 21.0. The van der Waals surface area contributed by atoms with Gasteiger partial charge < -0.3 is 25.0 Å². The van der Waals surface area contributed by atoms with Crippen molar-refractivity contribution in [1.82, 2.24) is 10.2 Å². The van der Waals surface area contributed by atoms with Gasteiger partial charge in [-0.1, -0.05) is 55.5 Å². The minimum atomic E-state index is -0.395. The van der Waals surface area contributed by atoms with Crippen LogP contribution in [0.5, 0.6) is 0 Å². The van der Waals surface area contributed by atoms with Gasteiger partial charge in [0.15, 0.2) is 0 Å². The monoisotopic (exact) mass is 463 g/mol. The molecule has 6 nitrogen and oxygen atoms in total. The minimum absolute atomic E-state index is 0.110. The predicted molar refractivity (Wildman–Crippen MR) is 135 cm³/mol. The van der Waals surface area contributed by atoms with Crippen LogP contribution in [-0.4, -0.2) is 36.2 Å². The number of allylic oxidation sites excluding steroid dienone is 1. The first-order valence-electron chi connectivity index (χ1n) is 12.3. The Labute approximate surface area is 203 Å². The Balaban J connectivity index is 1.48. The summed E-state index contributed by atoms with van der Waals surface area (Å²) >= 11 is 0. The van der Waals surface area contributed by atoms with Gasteiger partial charge >= 0.3 is 6.09 Å². The van der Waals surface area contributed by atoms with E-state index < -0.39 is 6.09 Å². The number of ether oxygens (including phenoxy) is 2. The zero-order valence-electron chi connectivity index (χ0n) is 20.8. The van der Waals surface area contributed by atoms with Gasteiger partial charge in [0, 0.05) is 31.2 Å². The summed E-state index contributed by atoms with van der Waals surface area (Å²) in [6, 6.07) is 18.1. The Morgan fingerprint density at radius 2 is 1.85 bits per heavy atom. The Hall–Kier alpha value is -3.15. The topological polar surface area (TPSA) is 62.8 Å². The number of alkyl carbamates (subject to hydrolysis) is 1. The minimum Gasteiger partial charge on any atom is -0.472 e. The van der Waals surface area contributed by atoms with E-state index in [1.165, 1.54) is 5.56 Å². The van der Waals surface area contributed by atoms with Gasteiger partial charge in [0.1, 0.15) is 12.2 Å². The second kappa shape index (κ2) is 10.4. The molecule has 2 aliphatic heterocycles. The number of hydrogen-bond acceptors (Lipinski definition) is 5. The molecule has 2 N–H and O–H groups in total. The van der Waals surface area contributed by atoms with Crippen LogP contribution in [0.15, 0.2) is 66.2 Å². The third-order valence-electron chi connectivity index (χ3n) is 6.21. The average Bonchev–Trinajstić information content (AvgIpc) is 3.40. The molecule has 2 aromatic carbocycles. The number of nitrogens with one attached hydrogen (secondary N) is 2. The molecule has 2 heterocycles. The molecule has 1 saturated heterocycles. The van der Waals surface area contributed by atoms with Crippen LogP contribution in [0.4, 0.5) is 10.5 Å². The summed E-state index contributed by atoms with van der Waals surface area (Å²) in [4.78, 5) is 14.7. The van der Waals surface area contributed by atoms with Crippen molar-refractivity contribution < 1.29 is 14.3 Å². The summed E-state index contributed by atoms with van der Waals surface area (Å²) < 4.78 is 11.9. The number of anilines is 1. The first-order valence-corrected chi connectivity index (χ1v) is 12.3. The molecule has 34 heavy (non-hydrogen) atoms. The van der Waals surface area contributed by atoms with Crippen molar-refractivity contribution in [2.24, 2.45) is 5.92 Å². The molecule has 2 aromatic rings. The molecule has 0 radical (unpaired) electrons. The van der Waals surface area contributed by atoms with E-state index >= 15 is 0 Å². The Bertz CT molecular complexity index is 1010. The number of carbonyl (C=O) groups is 1. The van der Waals surface area contributed by atoms with E-state index in [0.29, 0.717) is 12.5 Å². The maximum atomic E-state index is 12.3. The van der Waals surface area contributed by atoms with Crippen molar-refractivity contribution in [3.8, 4) is 0 Å². The fraction of sp³-hybridized carbons (Fsp3) is 0.464. The fourth-order valence-corrected chi connectivity index (χ4v) is 4.60. The lowest BCUT2D eigenvalue weighted by Crippen LogP contribution is -2.32. The number of amides is 1. The molecule has 2 atom stereocenters. The van der Waals surface area contributed by atoms with Crippen molar-refractivity contribution in [3.63, 3.8) is 0 Å². The number of rotatable bonds is 7. The number of nitrogens with zero attached hydrogens (tertiary/aromatic N) is 1. The molecule has 182 valence electrons. The van der Waals surface area contributed by atoms with Gasteiger partial charge in [0.25, 0.3) is 0 Å². The highest BCUT2D eigenvalue weighted by molar-refractivity contribution is 5.68. The summed E-state index contributed by atoms with van der Waals surface area (Å²) in [7, 11) is 0. The maximum absolute atomic E-state index is 12.3. The van der Waals surface area contributed by atoms with Gasteiger partial charge in [0.05, 0.1) is 5.70 Å². The van der Waals surface area contributed by atoms with Gasteiger partial charge in [0.2, 0.25) is 5.88 Å². The lowest BCUT2D eigenvalue weighted by molar-refractivity contribution is 0.00384. The van der Waals surface area contributed by atoms with E-state index in [1.54, 1.807) is 0 Å². The molecule has 0 bridgehead atoms. The van der Waals surface area contributed by atoms with Gasteiger partial charge in [-0.3, -0.25) is 0 Å². The molecule has 1 amide bonds. The van der Waals surface area contributed by atoms with Crippen LogP contribution in [0.3, 0.4) is 0 Å². The van der Waals surface area contributed by atoms with Gasteiger partial charge in [-0.15, -0.1) is 0 Å². The largest absolute Gasteiger partial charge is 0.472 e. The molecule has 1 fully saturated rings. The Morgan fingerprint density at radius 1 is 1.12 bits per heavy atom. The number of para-hydroxylation sites is 1. The number of hydrogen-bond donors (Lipinski definition) is 2. The summed E-state index contributed by atoms with van der Waals surface area (Å²) in [5.41, 5.74) is 4.09.